The number of hydrogen-bond acceptors (Lipinski definition) is 2. The summed E-state index contributed by atoms with van der Waals surface area (Å²) in [4.78, 5) is 28.2. The summed E-state index contributed by atoms with van der Waals surface area (Å²) in [6.45, 7) is 1.47. The van der Waals surface area contributed by atoms with Gasteiger partial charge in [-0.3, -0.25) is 9.59 Å². The number of rotatable bonds is 3. The lowest BCUT2D eigenvalue weighted by atomic mass is 9.80. The second-order valence-corrected chi connectivity index (χ2v) is 6.93. The normalized spacial score (nSPS) is 35.1. The third-order valence-corrected chi connectivity index (χ3v) is 5.56. The molecular formula is C15H21FN2O2. The van der Waals surface area contributed by atoms with Crippen molar-refractivity contribution in [2.75, 3.05) is 13.1 Å². The van der Waals surface area contributed by atoms with Crippen LogP contribution in [-0.2, 0) is 9.59 Å². The van der Waals surface area contributed by atoms with Crippen molar-refractivity contribution in [1.82, 2.24) is 9.80 Å². The standard InChI is InChI=1S/C15H21FN2O2/c16-15(5-1-6-15)14(20)17-7-4-11-12(17)8-13(19)18(11)9-10-2-3-10/h10-12H,1-9H2/t11-,12+/m1/s1. The summed E-state index contributed by atoms with van der Waals surface area (Å²) < 4.78 is 14.3. The summed E-state index contributed by atoms with van der Waals surface area (Å²) in [5.74, 6) is 0.477. The number of halogens is 1. The van der Waals surface area contributed by atoms with E-state index in [1.165, 1.54) is 12.8 Å². The van der Waals surface area contributed by atoms with Gasteiger partial charge in [0.15, 0.2) is 5.67 Å². The molecule has 0 aromatic carbocycles. The highest BCUT2D eigenvalue weighted by molar-refractivity contribution is 5.89. The smallest absolute Gasteiger partial charge is 0.260 e. The van der Waals surface area contributed by atoms with Crippen molar-refractivity contribution in [3.05, 3.63) is 0 Å². The first-order valence-corrected chi connectivity index (χ1v) is 7.88. The average molecular weight is 280 g/mol. The van der Waals surface area contributed by atoms with E-state index in [1.54, 1.807) is 4.90 Å². The van der Waals surface area contributed by atoms with E-state index in [0.29, 0.717) is 31.7 Å². The van der Waals surface area contributed by atoms with E-state index in [4.69, 9.17) is 0 Å². The molecule has 0 N–H and O–H groups in total. The van der Waals surface area contributed by atoms with Gasteiger partial charge >= 0.3 is 0 Å². The molecule has 2 heterocycles. The van der Waals surface area contributed by atoms with Crippen molar-refractivity contribution in [2.45, 2.75) is 62.7 Å². The van der Waals surface area contributed by atoms with Gasteiger partial charge < -0.3 is 9.80 Å². The summed E-state index contributed by atoms with van der Waals surface area (Å²) in [6, 6.07) is 0.0812. The van der Waals surface area contributed by atoms with E-state index in [-0.39, 0.29) is 23.9 Å². The zero-order valence-electron chi connectivity index (χ0n) is 11.7. The molecule has 4 nitrogen and oxygen atoms in total. The number of nitrogens with zero attached hydrogens (tertiary/aromatic N) is 2. The number of likely N-dealkylation sites (tertiary alicyclic amines) is 2. The van der Waals surface area contributed by atoms with Gasteiger partial charge in [-0.1, -0.05) is 0 Å². The molecule has 0 radical (unpaired) electrons. The molecule has 0 bridgehead atoms. The molecule has 4 fully saturated rings. The highest BCUT2D eigenvalue weighted by atomic mass is 19.1. The molecular weight excluding hydrogens is 259 g/mol. The monoisotopic (exact) mass is 280 g/mol. The Morgan fingerprint density at radius 1 is 1.25 bits per heavy atom. The van der Waals surface area contributed by atoms with Crippen molar-refractivity contribution in [3.8, 4) is 0 Å². The van der Waals surface area contributed by atoms with Gasteiger partial charge in [-0.05, 0) is 44.4 Å². The molecule has 2 aliphatic carbocycles. The first-order chi connectivity index (χ1) is 9.58. The van der Waals surface area contributed by atoms with E-state index in [2.05, 4.69) is 0 Å². The number of alkyl halides is 1. The van der Waals surface area contributed by atoms with Crippen LogP contribution in [0.1, 0.15) is 44.9 Å². The molecule has 0 aromatic heterocycles. The summed E-state index contributed by atoms with van der Waals surface area (Å²) in [5, 5.41) is 0. The van der Waals surface area contributed by atoms with Gasteiger partial charge in [0.05, 0.1) is 12.1 Å². The number of carbonyl (C=O) groups excluding carboxylic acids is 2. The number of hydrogen-bond donors (Lipinski definition) is 0. The molecule has 2 aliphatic heterocycles. The van der Waals surface area contributed by atoms with Gasteiger partial charge in [0.1, 0.15) is 0 Å². The highest BCUT2D eigenvalue weighted by Gasteiger charge is 2.54. The zero-order valence-corrected chi connectivity index (χ0v) is 11.7. The first kappa shape index (κ1) is 12.6. The number of carbonyl (C=O) groups is 2. The van der Waals surface area contributed by atoms with Crippen LogP contribution in [0, 0.1) is 5.92 Å². The van der Waals surface area contributed by atoms with Crippen LogP contribution < -0.4 is 0 Å². The van der Waals surface area contributed by atoms with E-state index in [9.17, 15) is 14.0 Å². The molecule has 5 heteroatoms. The Morgan fingerprint density at radius 2 is 2.00 bits per heavy atom. The van der Waals surface area contributed by atoms with Gasteiger partial charge in [0.2, 0.25) is 5.91 Å². The molecule has 2 saturated carbocycles. The largest absolute Gasteiger partial charge is 0.337 e. The van der Waals surface area contributed by atoms with Crippen LogP contribution in [0.4, 0.5) is 4.39 Å². The van der Waals surface area contributed by atoms with E-state index in [1.807, 2.05) is 4.90 Å². The fourth-order valence-corrected chi connectivity index (χ4v) is 3.95. The minimum Gasteiger partial charge on any atom is -0.337 e. The van der Waals surface area contributed by atoms with Crippen molar-refractivity contribution in [3.63, 3.8) is 0 Å². The van der Waals surface area contributed by atoms with Crippen LogP contribution >= 0.6 is 0 Å². The second kappa shape index (κ2) is 4.18. The summed E-state index contributed by atoms with van der Waals surface area (Å²) in [6.07, 6.45) is 5.19. The van der Waals surface area contributed by atoms with Crippen LogP contribution in [0.15, 0.2) is 0 Å². The number of fused-ring (bicyclic) bond motifs is 1. The van der Waals surface area contributed by atoms with Crippen molar-refractivity contribution in [1.29, 1.82) is 0 Å². The van der Waals surface area contributed by atoms with Crippen LogP contribution in [0.2, 0.25) is 0 Å². The maximum Gasteiger partial charge on any atom is 0.260 e. The van der Waals surface area contributed by atoms with Crippen molar-refractivity contribution >= 4 is 11.8 Å². The van der Waals surface area contributed by atoms with Crippen molar-refractivity contribution in [2.24, 2.45) is 5.92 Å². The molecule has 4 rings (SSSR count). The quantitative estimate of drug-likeness (QED) is 0.786. The Bertz CT molecular complexity index is 459. The predicted molar refractivity (Wildman–Crippen MR) is 70.7 cm³/mol. The molecule has 110 valence electrons. The van der Waals surface area contributed by atoms with Crippen LogP contribution in [0.25, 0.3) is 0 Å². The lowest BCUT2D eigenvalue weighted by molar-refractivity contribution is -0.150. The summed E-state index contributed by atoms with van der Waals surface area (Å²) in [5.41, 5.74) is -1.62. The van der Waals surface area contributed by atoms with Gasteiger partial charge in [-0.2, -0.15) is 0 Å². The second-order valence-electron chi connectivity index (χ2n) is 6.93. The van der Waals surface area contributed by atoms with Gasteiger partial charge in [-0.25, -0.2) is 4.39 Å². The molecule has 4 aliphatic rings. The average Bonchev–Trinajstić information content (AvgIpc) is 3.04. The minimum absolute atomic E-state index is 0.0676. The van der Waals surface area contributed by atoms with Gasteiger partial charge in [-0.15, -0.1) is 0 Å². The predicted octanol–water partition coefficient (Wildman–Crippen LogP) is 1.49. The Morgan fingerprint density at radius 3 is 2.60 bits per heavy atom. The molecule has 0 spiro atoms. The molecule has 2 saturated heterocycles. The zero-order chi connectivity index (χ0) is 13.9. The highest BCUT2D eigenvalue weighted by Crippen LogP contribution is 2.42. The molecule has 0 aromatic rings. The van der Waals surface area contributed by atoms with Gasteiger partial charge in [0.25, 0.3) is 5.91 Å². The summed E-state index contributed by atoms with van der Waals surface area (Å²) >= 11 is 0. The maximum absolute atomic E-state index is 14.3. The molecule has 2 amide bonds. The minimum atomic E-state index is -1.62. The van der Waals surface area contributed by atoms with Crippen LogP contribution in [-0.4, -0.2) is 52.5 Å². The Kier molecular flexibility index (Phi) is 2.63. The molecule has 0 unspecified atom stereocenters. The third-order valence-electron chi connectivity index (χ3n) is 5.56. The Hall–Kier alpha value is -1.13. The van der Waals surface area contributed by atoms with E-state index in [0.717, 1.165) is 19.4 Å². The topological polar surface area (TPSA) is 40.6 Å². The SMILES string of the molecule is O=C1C[C@H]2[C@@H](CCN2C(=O)C2(F)CCC2)N1CC1CC1. The van der Waals surface area contributed by atoms with Crippen molar-refractivity contribution < 1.29 is 14.0 Å². The van der Waals surface area contributed by atoms with Crippen LogP contribution in [0.3, 0.4) is 0 Å². The molecule has 2 atom stereocenters. The van der Waals surface area contributed by atoms with E-state index >= 15 is 0 Å². The Balaban J connectivity index is 1.49. The summed E-state index contributed by atoms with van der Waals surface area (Å²) in [7, 11) is 0. The lowest BCUT2D eigenvalue weighted by Gasteiger charge is -2.37. The molecule has 20 heavy (non-hydrogen) atoms. The lowest BCUT2D eigenvalue weighted by Crippen LogP contribution is -2.52. The number of amides is 2. The Labute approximate surface area is 118 Å². The van der Waals surface area contributed by atoms with E-state index < -0.39 is 5.67 Å². The maximum atomic E-state index is 14.3. The fourth-order valence-electron chi connectivity index (χ4n) is 3.95. The third kappa shape index (κ3) is 1.78. The van der Waals surface area contributed by atoms with Crippen LogP contribution in [0.5, 0.6) is 0 Å². The first-order valence-electron chi connectivity index (χ1n) is 7.88. The van der Waals surface area contributed by atoms with Gasteiger partial charge in [0, 0.05) is 19.5 Å². The fraction of sp³-hybridized carbons (Fsp3) is 0.867.